The molecule has 0 atom stereocenters. The molecule has 0 radical (unpaired) electrons. The van der Waals surface area contributed by atoms with Crippen LogP contribution in [0.4, 0.5) is 0 Å². The molecule has 0 amide bonds. The van der Waals surface area contributed by atoms with E-state index in [4.69, 9.17) is 0 Å². The van der Waals surface area contributed by atoms with Crippen molar-refractivity contribution in [2.24, 2.45) is 0 Å². The summed E-state index contributed by atoms with van der Waals surface area (Å²) >= 11 is 2.03. The van der Waals surface area contributed by atoms with E-state index in [1.165, 1.54) is 31.2 Å². The van der Waals surface area contributed by atoms with Crippen molar-refractivity contribution in [1.82, 2.24) is 15.1 Å². The Labute approximate surface area is 131 Å². The lowest BCUT2D eigenvalue weighted by atomic mass is 10.1. The lowest BCUT2D eigenvalue weighted by Gasteiger charge is -2.26. The van der Waals surface area contributed by atoms with Gasteiger partial charge in [0, 0.05) is 29.6 Å². The Bertz CT molecular complexity index is 558. The maximum absolute atomic E-state index is 4.45. The minimum atomic E-state index is 0.468. The second-order valence-electron chi connectivity index (χ2n) is 5.83. The van der Waals surface area contributed by atoms with Gasteiger partial charge in [-0.1, -0.05) is 31.0 Å². The standard InChI is InChI=1S/C17H23N3S/c1-21-17(9-5-6-10-17)14-18-11-15-12-19-20(13-15)16-7-3-2-4-8-16/h2-4,7-8,12-13,18H,5-6,9-11,14H2,1H3. The quantitative estimate of drug-likeness (QED) is 0.883. The lowest BCUT2D eigenvalue weighted by molar-refractivity contribution is 0.534. The zero-order chi connectivity index (χ0) is 14.5. The van der Waals surface area contributed by atoms with Crippen molar-refractivity contribution in [2.75, 3.05) is 12.8 Å². The molecule has 1 aliphatic rings. The third kappa shape index (κ3) is 3.50. The Kier molecular flexibility index (Phi) is 4.66. The average molecular weight is 301 g/mol. The molecule has 1 fully saturated rings. The summed E-state index contributed by atoms with van der Waals surface area (Å²) in [5, 5.41) is 8.07. The van der Waals surface area contributed by atoms with Crippen LogP contribution in [0.15, 0.2) is 42.7 Å². The largest absolute Gasteiger partial charge is 0.311 e. The predicted octanol–water partition coefficient (Wildman–Crippen LogP) is 3.64. The van der Waals surface area contributed by atoms with Crippen molar-refractivity contribution in [1.29, 1.82) is 0 Å². The highest BCUT2D eigenvalue weighted by atomic mass is 32.2. The molecule has 4 heteroatoms. The Morgan fingerprint density at radius 3 is 2.71 bits per heavy atom. The van der Waals surface area contributed by atoms with Crippen LogP contribution in [-0.2, 0) is 6.54 Å². The van der Waals surface area contributed by atoms with E-state index in [0.29, 0.717) is 4.75 Å². The minimum absolute atomic E-state index is 0.468. The third-order valence-electron chi connectivity index (χ3n) is 4.38. The first-order valence-corrected chi connectivity index (χ1v) is 8.89. The smallest absolute Gasteiger partial charge is 0.0645 e. The maximum atomic E-state index is 4.45. The van der Waals surface area contributed by atoms with Gasteiger partial charge in [-0.05, 0) is 31.2 Å². The van der Waals surface area contributed by atoms with Gasteiger partial charge in [0.1, 0.15) is 0 Å². The first-order chi connectivity index (χ1) is 10.3. The molecule has 1 aromatic heterocycles. The van der Waals surface area contributed by atoms with Crippen LogP contribution >= 0.6 is 11.8 Å². The first kappa shape index (κ1) is 14.7. The van der Waals surface area contributed by atoms with Gasteiger partial charge in [0.15, 0.2) is 0 Å². The van der Waals surface area contributed by atoms with E-state index in [2.05, 4.69) is 35.0 Å². The molecule has 1 heterocycles. The SMILES string of the molecule is CSC1(CNCc2cnn(-c3ccccc3)c2)CCCC1. The third-order valence-corrected chi connectivity index (χ3v) is 5.80. The van der Waals surface area contributed by atoms with Crippen LogP contribution in [0.2, 0.25) is 0 Å². The van der Waals surface area contributed by atoms with Gasteiger partial charge < -0.3 is 5.32 Å². The molecule has 0 saturated heterocycles. The van der Waals surface area contributed by atoms with Crippen LogP contribution in [0, 0.1) is 0 Å². The number of hydrogen-bond acceptors (Lipinski definition) is 3. The number of thioether (sulfide) groups is 1. The summed E-state index contributed by atoms with van der Waals surface area (Å²) in [6, 6.07) is 10.3. The first-order valence-electron chi connectivity index (χ1n) is 7.66. The highest BCUT2D eigenvalue weighted by Gasteiger charge is 2.32. The summed E-state index contributed by atoms with van der Waals surface area (Å²) in [5.74, 6) is 0. The highest BCUT2D eigenvalue weighted by molar-refractivity contribution is 8.00. The molecule has 1 aliphatic carbocycles. The molecule has 21 heavy (non-hydrogen) atoms. The molecule has 0 spiro atoms. The maximum Gasteiger partial charge on any atom is 0.0645 e. The van der Waals surface area contributed by atoms with Crippen LogP contribution in [0.25, 0.3) is 5.69 Å². The normalized spacial score (nSPS) is 17.2. The van der Waals surface area contributed by atoms with Gasteiger partial charge in [0.05, 0.1) is 11.9 Å². The van der Waals surface area contributed by atoms with Crippen LogP contribution in [0.5, 0.6) is 0 Å². The van der Waals surface area contributed by atoms with Crippen LogP contribution in [0.3, 0.4) is 0 Å². The zero-order valence-electron chi connectivity index (χ0n) is 12.6. The number of benzene rings is 1. The fourth-order valence-corrected chi connectivity index (χ4v) is 4.02. The summed E-state index contributed by atoms with van der Waals surface area (Å²) in [6.45, 7) is 2.00. The van der Waals surface area contributed by atoms with Crippen LogP contribution in [0.1, 0.15) is 31.2 Å². The van der Waals surface area contributed by atoms with Gasteiger partial charge in [-0.15, -0.1) is 0 Å². The summed E-state index contributed by atoms with van der Waals surface area (Å²) < 4.78 is 2.41. The van der Waals surface area contributed by atoms with Crippen LogP contribution in [-0.4, -0.2) is 27.3 Å². The fraction of sp³-hybridized carbons (Fsp3) is 0.471. The minimum Gasteiger partial charge on any atom is -0.311 e. The topological polar surface area (TPSA) is 29.9 Å². The van der Waals surface area contributed by atoms with Gasteiger partial charge in [-0.2, -0.15) is 16.9 Å². The summed E-state index contributed by atoms with van der Waals surface area (Å²) in [4.78, 5) is 0. The Balaban J connectivity index is 1.56. The van der Waals surface area contributed by atoms with E-state index in [1.54, 1.807) is 0 Å². The Morgan fingerprint density at radius 1 is 1.24 bits per heavy atom. The molecule has 3 nitrogen and oxygen atoms in total. The number of para-hydroxylation sites is 1. The van der Waals surface area contributed by atoms with Gasteiger partial charge in [-0.25, -0.2) is 4.68 Å². The second-order valence-corrected chi connectivity index (χ2v) is 7.10. The number of nitrogens with one attached hydrogen (secondary N) is 1. The van der Waals surface area contributed by atoms with E-state index >= 15 is 0 Å². The monoisotopic (exact) mass is 301 g/mol. The average Bonchev–Trinajstić information content (AvgIpc) is 3.18. The number of hydrogen-bond donors (Lipinski definition) is 1. The lowest BCUT2D eigenvalue weighted by Crippen LogP contribution is -2.34. The molecular formula is C17H23N3S. The molecule has 0 unspecified atom stereocenters. The molecule has 2 aromatic rings. The van der Waals surface area contributed by atoms with E-state index < -0.39 is 0 Å². The zero-order valence-corrected chi connectivity index (χ0v) is 13.4. The van der Waals surface area contributed by atoms with Crippen molar-refractivity contribution in [3.05, 3.63) is 48.3 Å². The Morgan fingerprint density at radius 2 is 2.00 bits per heavy atom. The highest BCUT2D eigenvalue weighted by Crippen LogP contribution is 2.39. The number of aromatic nitrogens is 2. The van der Waals surface area contributed by atoms with E-state index in [9.17, 15) is 0 Å². The van der Waals surface area contributed by atoms with E-state index in [-0.39, 0.29) is 0 Å². The number of nitrogens with zero attached hydrogens (tertiary/aromatic N) is 2. The van der Waals surface area contributed by atoms with Crippen molar-refractivity contribution in [2.45, 2.75) is 37.0 Å². The molecule has 1 saturated carbocycles. The fourth-order valence-electron chi connectivity index (χ4n) is 3.08. The van der Waals surface area contributed by atoms with Gasteiger partial charge in [-0.3, -0.25) is 0 Å². The molecule has 112 valence electrons. The molecule has 1 aromatic carbocycles. The van der Waals surface area contributed by atoms with Gasteiger partial charge in [0.25, 0.3) is 0 Å². The Hall–Kier alpha value is -1.26. The number of rotatable bonds is 6. The molecule has 0 bridgehead atoms. The summed E-state index contributed by atoms with van der Waals surface area (Å²) in [5.41, 5.74) is 2.35. The van der Waals surface area contributed by atoms with E-state index in [0.717, 1.165) is 18.8 Å². The van der Waals surface area contributed by atoms with Gasteiger partial charge >= 0.3 is 0 Å². The van der Waals surface area contributed by atoms with E-state index in [1.807, 2.05) is 40.8 Å². The molecular weight excluding hydrogens is 278 g/mol. The van der Waals surface area contributed by atoms with Gasteiger partial charge in [0.2, 0.25) is 0 Å². The second kappa shape index (κ2) is 6.67. The van der Waals surface area contributed by atoms with Crippen molar-refractivity contribution in [3.8, 4) is 5.69 Å². The molecule has 0 aliphatic heterocycles. The van der Waals surface area contributed by atoms with Crippen LogP contribution < -0.4 is 5.32 Å². The van der Waals surface area contributed by atoms with Crippen molar-refractivity contribution < 1.29 is 0 Å². The summed E-state index contributed by atoms with van der Waals surface area (Å²) in [7, 11) is 0. The molecule has 3 rings (SSSR count). The van der Waals surface area contributed by atoms with Crippen molar-refractivity contribution >= 4 is 11.8 Å². The van der Waals surface area contributed by atoms with Crippen molar-refractivity contribution in [3.63, 3.8) is 0 Å². The molecule has 1 N–H and O–H groups in total. The summed E-state index contributed by atoms with van der Waals surface area (Å²) in [6.07, 6.45) is 11.8. The predicted molar refractivity (Wildman–Crippen MR) is 90.0 cm³/mol.